The normalized spacial score (nSPS) is 10.9. The van der Waals surface area contributed by atoms with Gasteiger partial charge in [0.1, 0.15) is 6.61 Å². The highest BCUT2D eigenvalue weighted by Gasteiger charge is 2.13. The Kier molecular flexibility index (Phi) is 7.14. The maximum atomic E-state index is 13.1. The molecule has 1 aromatic heterocycles. The smallest absolute Gasteiger partial charge is 0.261 e. The van der Waals surface area contributed by atoms with Crippen molar-refractivity contribution in [2.24, 2.45) is 0 Å². The van der Waals surface area contributed by atoms with Gasteiger partial charge in [-0.25, -0.2) is 4.98 Å². The summed E-state index contributed by atoms with van der Waals surface area (Å²) in [5, 5.41) is 1.53. The van der Waals surface area contributed by atoms with Crippen LogP contribution in [0.25, 0.3) is 10.9 Å². The van der Waals surface area contributed by atoms with E-state index in [1.165, 1.54) is 25.1 Å². The minimum absolute atomic E-state index is 0.192. The minimum atomic E-state index is -0.192. The van der Waals surface area contributed by atoms with Crippen LogP contribution in [0.1, 0.15) is 11.1 Å². The number of methoxy groups -OCH3 is 3. The molecular weight excluding hydrogens is 479 g/mol. The molecule has 9 heteroatoms. The Labute approximate surface area is 206 Å². The van der Waals surface area contributed by atoms with Gasteiger partial charge in [0.25, 0.3) is 5.56 Å². The van der Waals surface area contributed by atoms with E-state index in [2.05, 4.69) is 4.98 Å². The molecule has 176 valence electrons. The predicted octanol–water partition coefficient (Wildman–Crippen LogP) is 5.36. The van der Waals surface area contributed by atoms with Crippen LogP contribution in [0.2, 0.25) is 10.0 Å². The number of hydrogen-bond donors (Lipinski definition) is 0. The van der Waals surface area contributed by atoms with Crippen molar-refractivity contribution in [2.45, 2.75) is 13.2 Å². The van der Waals surface area contributed by atoms with Crippen molar-refractivity contribution < 1.29 is 18.9 Å². The van der Waals surface area contributed by atoms with Crippen LogP contribution in [-0.2, 0) is 13.2 Å². The minimum Gasteiger partial charge on any atom is -0.493 e. The molecule has 7 nitrogen and oxygen atoms in total. The second-order valence-corrected chi connectivity index (χ2v) is 8.26. The maximum absolute atomic E-state index is 13.1. The van der Waals surface area contributed by atoms with Crippen molar-refractivity contribution >= 4 is 34.1 Å². The van der Waals surface area contributed by atoms with Crippen molar-refractivity contribution in [2.75, 3.05) is 21.3 Å². The first-order chi connectivity index (χ1) is 16.4. The molecule has 34 heavy (non-hydrogen) atoms. The first kappa shape index (κ1) is 23.7. The van der Waals surface area contributed by atoms with Gasteiger partial charge in [0, 0.05) is 21.7 Å². The van der Waals surface area contributed by atoms with Crippen molar-refractivity contribution in [3.8, 4) is 23.0 Å². The third-order valence-corrected chi connectivity index (χ3v) is 5.90. The Morgan fingerprint density at radius 2 is 1.56 bits per heavy atom. The Hall–Kier alpha value is -3.42. The van der Waals surface area contributed by atoms with E-state index >= 15 is 0 Å². The van der Waals surface area contributed by atoms with Crippen LogP contribution in [0.3, 0.4) is 0 Å². The van der Waals surface area contributed by atoms with Crippen LogP contribution in [0.4, 0.5) is 0 Å². The SMILES string of the molecule is COc1cc2ncn(Cc3ccc(OCc4ccc(Cl)cc4Cl)c(OC)c3)c(=O)c2cc1OC. The van der Waals surface area contributed by atoms with E-state index in [1.807, 2.05) is 18.2 Å². The molecule has 0 aliphatic rings. The molecule has 0 aliphatic heterocycles. The van der Waals surface area contributed by atoms with Gasteiger partial charge in [0.05, 0.1) is 45.1 Å². The third kappa shape index (κ3) is 4.90. The molecule has 0 spiro atoms. The summed E-state index contributed by atoms with van der Waals surface area (Å²) in [5.41, 5.74) is 1.99. The molecule has 0 fully saturated rings. The molecule has 0 unspecified atom stereocenters. The van der Waals surface area contributed by atoms with Crippen molar-refractivity contribution in [1.29, 1.82) is 0 Å². The molecule has 3 aromatic carbocycles. The largest absolute Gasteiger partial charge is 0.493 e. The summed E-state index contributed by atoms with van der Waals surface area (Å²) in [7, 11) is 4.62. The zero-order valence-electron chi connectivity index (χ0n) is 18.8. The molecule has 4 rings (SSSR count). The molecule has 0 aliphatic carbocycles. The van der Waals surface area contributed by atoms with Crippen molar-refractivity contribution in [3.05, 3.63) is 86.4 Å². The van der Waals surface area contributed by atoms with Crippen LogP contribution in [0, 0.1) is 0 Å². The fraction of sp³-hybridized carbons (Fsp3) is 0.200. The van der Waals surface area contributed by atoms with Crippen LogP contribution in [0.15, 0.2) is 59.7 Å². The van der Waals surface area contributed by atoms with Crippen LogP contribution in [-0.4, -0.2) is 30.9 Å². The summed E-state index contributed by atoms with van der Waals surface area (Å²) in [6, 6.07) is 14.1. The van der Waals surface area contributed by atoms with E-state index < -0.39 is 0 Å². The standard InChI is InChI=1S/C25H22Cl2N2O5/c1-31-22-8-15(4-7-21(22)34-13-16-5-6-17(26)9-19(16)27)12-29-14-28-20-11-24(33-3)23(32-2)10-18(20)25(29)30/h4-11,14H,12-13H2,1-3H3. The van der Waals surface area contributed by atoms with E-state index in [-0.39, 0.29) is 12.2 Å². The number of halogens is 2. The van der Waals surface area contributed by atoms with Gasteiger partial charge in [-0.1, -0.05) is 35.3 Å². The summed E-state index contributed by atoms with van der Waals surface area (Å²) in [4.78, 5) is 17.5. The molecule has 0 saturated heterocycles. The van der Waals surface area contributed by atoms with Crippen LogP contribution < -0.4 is 24.5 Å². The van der Waals surface area contributed by atoms with Gasteiger partial charge >= 0.3 is 0 Å². The van der Waals surface area contributed by atoms with Crippen molar-refractivity contribution in [1.82, 2.24) is 9.55 Å². The second-order valence-electron chi connectivity index (χ2n) is 7.41. The second kappa shape index (κ2) is 10.2. The Balaban J connectivity index is 1.58. The van der Waals surface area contributed by atoms with Gasteiger partial charge in [-0.05, 0) is 35.9 Å². The zero-order chi connectivity index (χ0) is 24.2. The highest BCUT2D eigenvalue weighted by Crippen LogP contribution is 2.31. The Bertz CT molecular complexity index is 1400. The van der Waals surface area contributed by atoms with Gasteiger partial charge in [-0.15, -0.1) is 0 Å². The molecule has 0 amide bonds. The fourth-order valence-corrected chi connectivity index (χ4v) is 3.98. The summed E-state index contributed by atoms with van der Waals surface area (Å²) < 4.78 is 23.6. The Morgan fingerprint density at radius 1 is 0.853 bits per heavy atom. The average Bonchev–Trinajstić information content (AvgIpc) is 2.85. The average molecular weight is 501 g/mol. The summed E-state index contributed by atoms with van der Waals surface area (Å²) in [6.07, 6.45) is 1.51. The molecule has 0 saturated carbocycles. The first-order valence-corrected chi connectivity index (χ1v) is 11.0. The predicted molar refractivity (Wildman–Crippen MR) is 132 cm³/mol. The van der Waals surface area contributed by atoms with Gasteiger partial charge in [-0.3, -0.25) is 9.36 Å². The third-order valence-electron chi connectivity index (χ3n) is 5.31. The van der Waals surface area contributed by atoms with Crippen LogP contribution >= 0.6 is 23.2 Å². The van der Waals surface area contributed by atoms with E-state index in [9.17, 15) is 4.79 Å². The fourth-order valence-electron chi connectivity index (χ4n) is 3.52. The van der Waals surface area contributed by atoms with E-state index in [4.69, 9.17) is 42.1 Å². The maximum Gasteiger partial charge on any atom is 0.261 e. The van der Waals surface area contributed by atoms with Crippen molar-refractivity contribution in [3.63, 3.8) is 0 Å². The number of nitrogens with zero attached hydrogens (tertiary/aromatic N) is 2. The summed E-state index contributed by atoms with van der Waals surface area (Å²) in [6.45, 7) is 0.556. The van der Waals surface area contributed by atoms with Gasteiger partial charge in [0.15, 0.2) is 23.0 Å². The number of hydrogen-bond acceptors (Lipinski definition) is 6. The number of fused-ring (bicyclic) bond motifs is 1. The number of rotatable bonds is 8. The molecule has 0 radical (unpaired) electrons. The van der Waals surface area contributed by atoms with Gasteiger partial charge < -0.3 is 18.9 Å². The lowest BCUT2D eigenvalue weighted by Gasteiger charge is -2.14. The number of aromatic nitrogens is 2. The lowest BCUT2D eigenvalue weighted by atomic mass is 10.2. The highest BCUT2D eigenvalue weighted by molar-refractivity contribution is 6.35. The quantitative estimate of drug-likeness (QED) is 0.324. The lowest BCUT2D eigenvalue weighted by Crippen LogP contribution is -2.21. The number of benzene rings is 3. The van der Waals surface area contributed by atoms with Crippen LogP contribution in [0.5, 0.6) is 23.0 Å². The summed E-state index contributed by atoms with van der Waals surface area (Å²) in [5.74, 6) is 2.07. The molecule has 4 aromatic rings. The van der Waals surface area contributed by atoms with Gasteiger partial charge in [0.2, 0.25) is 0 Å². The highest BCUT2D eigenvalue weighted by atomic mass is 35.5. The Morgan fingerprint density at radius 3 is 2.26 bits per heavy atom. The van der Waals surface area contributed by atoms with Gasteiger partial charge in [-0.2, -0.15) is 0 Å². The molecule has 0 N–H and O–H groups in total. The topological polar surface area (TPSA) is 71.8 Å². The lowest BCUT2D eigenvalue weighted by molar-refractivity contribution is 0.284. The van der Waals surface area contributed by atoms with E-state index in [1.54, 1.807) is 37.4 Å². The molecule has 1 heterocycles. The summed E-state index contributed by atoms with van der Waals surface area (Å²) >= 11 is 12.2. The number of ether oxygens (including phenoxy) is 4. The molecule has 0 atom stereocenters. The molecular formula is C25H22Cl2N2O5. The first-order valence-electron chi connectivity index (χ1n) is 10.3. The van der Waals surface area contributed by atoms with E-state index in [0.717, 1.165) is 11.1 Å². The van der Waals surface area contributed by atoms with E-state index in [0.29, 0.717) is 50.5 Å². The molecule has 0 bridgehead atoms. The monoisotopic (exact) mass is 500 g/mol. The zero-order valence-corrected chi connectivity index (χ0v) is 20.3.